The van der Waals surface area contributed by atoms with Crippen LogP contribution < -0.4 is 29.6 Å². The van der Waals surface area contributed by atoms with Gasteiger partial charge in [0.25, 0.3) is 5.88 Å². The van der Waals surface area contributed by atoms with Gasteiger partial charge in [-0.3, -0.25) is 10.1 Å². The maximum absolute atomic E-state index is 10.1. The van der Waals surface area contributed by atoms with Gasteiger partial charge in [-0.15, -0.1) is 0 Å². The third kappa shape index (κ3) is 2.56. The van der Waals surface area contributed by atoms with Crippen molar-refractivity contribution in [2.45, 2.75) is 0 Å². The van der Waals surface area contributed by atoms with Crippen LogP contribution in [0.5, 0.6) is 5.88 Å². The summed E-state index contributed by atoms with van der Waals surface area (Å²) in [5, 5.41) is 18.6. The van der Waals surface area contributed by atoms with E-state index >= 15 is 0 Å². The molecule has 0 fully saturated rings. The van der Waals surface area contributed by atoms with Crippen LogP contribution in [0.4, 0.5) is 5.69 Å². The zero-order chi connectivity index (χ0) is 8.43. The van der Waals surface area contributed by atoms with Crippen molar-refractivity contribution in [3.8, 4) is 5.88 Å². The first-order valence-electron chi connectivity index (χ1n) is 2.47. The standard InChI is InChI=1S/C4H2ClN3O3.Na/c5-4-6-1-2(8(10)11)3(9)7-4;/h1H,(H,6,7,9);/q;+1. The van der Waals surface area contributed by atoms with E-state index in [0.29, 0.717) is 0 Å². The molecule has 0 aliphatic rings. The number of aromatic nitrogens is 2. The van der Waals surface area contributed by atoms with Crippen molar-refractivity contribution in [2.24, 2.45) is 0 Å². The molecular weight excluding hydrogens is 197 g/mol. The maximum atomic E-state index is 10.1. The van der Waals surface area contributed by atoms with E-state index in [1.807, 2.05) is 0 Å². The Morgan fingerprint density at radius 3 is 2.67 bits per heavy atom. The second-order valence-electron chi connectivity index (χ2n) is 1.60. The van der Waals surface area contributed by atoms with Gasteiger partial charge < -0.3 is 5.11 Å². The molecule has 0 saturated heterocycles. The van der Waals surface area contributed by atoms with Crippen LogP contribution in [-0.2, 0) is 0 Å². The number of aromatic hydroxyl groups is 1. The van der Waals surface area contributed by atoms with Crippen molar-refractivity contribution < 1.29 is 39.6 Å². The predicted molar refractivity (Wildman–Crippen MR) is 35.4 cm³/mol. The third-order valence-electron chi connectivity index (χ3n) is 0.917. The fraction of sp³-hybridized carbons (Fsp3) is 0. The Morgan fingerprint density at radius 2 is 2.25 bits per heavy atom. The van der Waals surface area contributed by atoms with E-state index in [4.69, 9.17) is 16.7 Å². The third-order valence-corrected chi connectivity index (χ3v) is 1.10. The number of rotatable bonds is 1. The molecule has 1 N–H and O–H groups in total. The summed E-state index contributed by atoms with van der Waals surface area (Å²) < 4.78 is 0. The van der Waals surface area contributed by atoms with Gasteiger partial charge in [0.15, 0.2) is 0 Å². The zero-order valence-electron chi connectivity index (χ0n) is 6.06. The number of hydrogen-bond acceptors (Lipinski definition) is 5. The predicted octanol–water partition coefficient (Wildman–Crippen LogP) is -2.25. The number of nitrogens with zero attached hydrogens (tertiary/aromatic N) is 3. The summed E-state index contributed by atoms with van der Waals surface area (Å²) in [6.45, 7) is 0. The molecule has 58 valence electrons. The molecule has 12 heavy (non-hydrogen) atoms. The summed E-state index contributed by atoms with van der Waals surface area (Å²) in [6.07, 6.45) is 0.838. The van der Waals surface area contributed by atoms with Crippen LogP contribution in [0, 0.1) is 10.1 Å². The normalized spacial score (nSPS) is 8.75. The van der Waals surface area contributed by atoms with Crippen molar-refractivity contribution in [2.75, 3.05) is 0 Å². The van der Waals surface area contributed by atoms with Crippen molar-refractivity contribution in [1.82, 2.24) is 9.97 Å². The molecule has 0 unspecified atom stereocenters. The van der Waals surface area contributed by atoms with Crippen LogP contribution in [0.2, 0.25) is 5.28 Å². The Balaban J connectivity index is 0.00000121. The monoisotopic (exact) mass is 198 g/mol. The van der Waals surface area contributed by atoms with E-state index < -0.39 is 16.5 Å². The second-order valence-corrected chi connectivity index (χ2v) is 1.94. The van der Waals surface area contributed by atoms with Gasteiger partial charge in [-0.2, -0.15) is 4.98 Å². The topological polar surface area (TPSA) is 89.2 Å². The SMILES string of the molecule is O=[N+]([O-])c1cnc(Cl)nc1O.[Na+]. The molecule has 0 aliphatic carbocycles. The Hall–Kier alpha value is -0.430. The van der Waals surface area contributed by atoms with Gasteiger partial charge in [0, 0.05) is 0 Å². The minimum Gasteiger partial charge on any atom is -0.488 e. The van der Waals surface area contributed by atoms with Crippen molar-refractivity contribution in [3.05, 3.63) is 21.6 Å². The zero-order valence-corrected chi connectivity index (χ0v) is 8.82. The molecule has 0 saturated carbocycles. The molecule has 6 nitrogen and oxygen atoms in total. The molecule has 0 atom stereocenters. The van der Waals surface area contributed by atoms with Crippen molar-refractivity contribution in [3.63, 3.8) is 0 Å². The molecule has 1 heterocycles. The largest absolute Gasteiger partial charge is 1.00 e. The summed E-state index contributed by atoms with van der Waals surface area (Å²) in [6, 6.07) is 0. The molecule has 0 bridgehead atoms. The smallest absolute Gasteiger partial charge is 0.488 e. The Labute approximate surface area is 94.0 Å². The Morgan fingerprint density at radius 1 is 1.67 bits per heavy atom. The average Bonchev–Trinajstić information content (AvgIpc) is 1.85. The minimum absolute atomic E-state index is 0. The molecule has 0 spiro atoms. The summed E-state index contributed by atoms with van der Waals surface area (Å²) in [4.78, 5) is 15.7. The van der Waals surface area contributed by atoms with Gasteiger partial charge in [0.05, 0.1) is 4.92 Å². The number of nitro groups is 1. The van der Waals surface area contributed by atoms with E-state index in [0.717, 1.165) is 6.20 Å². The van der Waals surface area contributed by atoms with Gasteiger partial charge in [-0.25, -0.2) is 4.98 Å². The minimum atomic E-state index is -0.800. The summed E-state index contributed by atoms with van der Waals surface area (Å²) in [5.74, 6) is -0.727. The van der Waals surface area contributed by atoms with E-state index in [-0.39, 0.29) is 34.8 Å². The van der Waals surface area contributed by atoms with Crippen LogP contribution in [0.1, 0.15) is 0 Å². The second kappa shape index (κ2) is 4.56. The number of hydrogen-bond donors (Lipinski definition) is 1. The molecule has 1 rings (SSSR count). The van der Waals surface area contributed by atoms with E-state index in [2.05, 4.69) is 9.97 Å². The van der Waals surface area contributed by atoms with E-state index in [1.54, 1.807) is 0 Å². The molecule has 0 radical (unpaired) electrons. The van der Waals surface area contributed by atoms with E-state index in [9.17, 15) is 10.1 Å². The quantitative estimate of drug-likeness (QED) is 0.238. The maximum Gasteiger partial charge on any atom is 1.00 e. The molecule has 1 aromatic rings. The molecule has 1 aromatic heterocycles. The number of halogens is 1. The fourth-order valence-electron chi connectivity index (χ4n) is 0.474. The van der Waals surface area contributed by atoms with Crippen LogP contribution >= 0.6 is 11.6 Å². The average molecular weight is 199 g/mol. The molecule has 0 aromatic carbocycles. The first kappa shape index (κ1) is 11.6. The van der Waals surface area contributed by atoms with Crippen molar-refractivity contribution >= 4 is 17.3 Å². The van der Waals surface area contributed by atoms with Crippen molar-refractivity contribution in [1.29, 1.82) is 0 Å². The van der Waals surface area contributed by atoms with Gasteiger partial charge in [-0.1, -0.05) is 0 Å². The summed E-state index contributed by atoms with van der Waals surface area (Å²) >= 11 is 5.22. The van der Waals surface area contributed by atoms with E-state index in [1.165, 1.54) is 0 Å². The van der Waals surface area contributed by atoms with Crippen LogP contribution in [0.15, 0.2) is 6.20 Å². The van der Waals surface area contributed by atoms with Gasteiger partial charge in [0.2, 0.25) is 5.28 Å². The summed E-state index contributed by atoms with van der Waals surface area (Å²) in [7, 11) is 0. The van der Waals surface area contributed by atoms with Gasteiger partial charge in [0.1, 0.15) is 6.20 Å². The first-order valence-corrected chi connectivity index (χ1v) is 2.85. The van der Waals surface area contributed by atoms with Gasteiger partial charge in [-0.05, 0) is 11.6 Å². The molecule has 8 heteroatoms. The first-order chi connectivity index (χ1) is 5.11. The van der Waals surface area contributed by atoms with Crippen LogP contribution in [0.3, 0.4) is 0 Å². The Bertz CT molecular complexity index is 308. The summed E-state index contributed by atoms with van der Waals surface area (Å²) in [5.41, 5.74) is -0.561. The van der Waals surface area contributed by atoms with Gasteiger partial charge >= 0.3 is 35.2 Å². The Kier molecular flexibility index (Phi) is 4.40. The molecule has 0 amide bonds. The molecular formula is C4H2ClN3NaO3+. The van der Waals surface area contributed by atoms with Crippen LogP contribution in [-0.4, -0.2) is 20.0 Å². The molecule has 0 aliphatic heterocycles. The fourth-order valence-corrected chi connectivity index (χ4v) is 0.603. The van der Waals surface area contributed by atoms with Crippen LogP contribution in [0.25, 0.3) is 0 Å².